The molecule has 1 atom stereocenters. The fraction of sp³-hybridized carbons (Fsp3) is 0.444. The number of carbonyl (C=O) groups is 2. The van der Waals surface area contributed by atoms with E-state index in [1.165, 1.54) is 6.08 Å². The van der Waals surface area contributed by atoms with Crippen LogP contribution in [0.15, 0.2) is 11.6 Å². The molecule has 0 saturated heterocycles. The van der Waals surface area contributed by atoms with Gasteiger partial charge < -0.3 is 15.4 Å². The summed E-state index contributed by atoms with van der Waals surface area (Å²) in [7, 11) is 0. The van der Waals surface area contributed by atoms with Crippen molar-refractivity contribution >= 4 is 52.5 Å². The monoisotopic (exact) mass is 314 g/mol. The predicted molar refractivity (Wildman–Crippen MR) is 65.9 cm³/mol. The summed E-state index contributed by atoms with van der Waals surface area (Å²) in [4.78, 5) is 24.2. The van der Waals surface area contributed by atoms with Crippen molar-refractivity contribution < 1.29 is 24.2 Å². The van der Waals surface area contributed by atoms with Crippen LogP contribution < -0.4 is 0 Å². The van der Waals surface area contributed by atoms with Gasteiger partial charge in [0.2, 0.25) is 3.79 Å². The van der Waals surface area contributed by atoms with Crippen molar-refractivity contribution in [2.75, 3.05) is 0 Å². The van der Waals surface area contributed by atoms with Gasteiger partial charge in [0.15, 0.2) is 6.10 Å². The number of aliphatic carboxylic acids is 1. The van der Waals surface area contributed by atoms with Crippen LogP contribution in [0.1, 0.15) is 13.8 Å². The molecule has 18 heavy (non-hydrogen) atoms. The van der Waals surface area contributed by atoms with E-state index in [1.54, 1.807) is 13.8 Å². The molecule has 0 heterocycles. The zero-order valence-corrected chi connectivity index (χ0v) is 11.6. The molecule has 0 aliphatic heterocycles. The average Bonchev–Trinajstić information content (AvgIpc) is 2.14. The molecule has 0 aromatic carbocycles. The number of nitrogens with zero attached hydrogens (tertiary/aromatic N) is 2. The van der Waals surface area contributed by atoms with Crippen LogP contribution in [-0.4, -0.2) is 37.4 Å². The van der Waals surface area contributed by atoms with Crippen LogP contribution >= 0.6 is 34.8 Å². The minimum absolute atomic E-state index is 0.678. The van der Waals surface area contributed by atoms with Gasteiger partial charge in [-0.3, -0.25) is 0 Å². The quantitative estimate of drug-likeness (QED) is 0.163. The van der Waals surface area contributed by atoms with Crippen LogP contribution in [0.25, 0.3) is 5.53 Å². The van der Waals surface area contributed by atoms with Crippen LogP contribution in [0.4, 0.5) is 0 Å². The lowest BCUT2D eigenvalue weighted by Gasteiger charge is -2.20. The van der Waals surface area contributed by atoms with Crippen molar-refractivity contribution in [2.45, 2.75) is 23.7 Å². The lowest BCUT2D eigenvalue weighted by molar-refractivity contribution is -0.148. The summed E-state index contributed by atoms with van der Waals surface area (Å²) >= 11 is 16.7. The fourth-order valence-corrected chi connectivity index (χ4v) is 1.16. The molecule has 0 spiro atoms. The van der Waals surface area contributed by atoms with Gasteiger partial charge in [0.25, 0.3) is 0 Å². The number of ether oxygens (including phenoxy) is 1. The van der Waals surface area contributed by atoms with Gasteiger partial charge in [-0.05, 0) is 19.9 Å². The first kappa shape index (κ1) is 16.9. The Morgan fingerprint density at radius 1 is 1.39 bits per heavy atom. The van der Waals surface area contributed by atoms with E-state index in [1.807, 2.05) is 0 Å². The van der Waals surface area contributed by atoms with Gasteiger partial charge in [-0.25, -0.2) is 9.59 Å². The first-order valence-electron chi connectivity index (χ1n) is 4.47. The van der Waals surface area contributed by atoms with Gasteiger partial charge >= 0.3 is 17.7 Å². The first-order valence-corrected chi connectivity index (χ1v) is 5.61. The summed E-state index contributed by atoms with van der Waals surface area (Å²) in [5.74, 6) is -3.18. The highest BCUT2D eigenvalue weighted by Crippen LogP contribution is 2.33. The molecule has 100 valence electrons. The Balaban J connectivity index is 5.14. The molecule has 9 heteroatoms. The maximum atomic E-state index is 11.4. The Hall–Kier alpha value is -1.07. The second-order valence-corrected chi connectivity index (χ2v) is 5.73. The van der Waals surface area contributed by atoms with Crippen molar-refractivity contribution in [3.05, 3.63) is 17.2 Å². The number of carbonyl (C=O) groups excluding carboxylic acids is 1. The topological polar surface area (TPSA) is 100 Å². The van der Waals surface area contributed by atoms with Crippen molar-refractivity contribution in [2.24, 2.45) is 0 Å². The Labute approximate surface area is 118 Å². The maximum Gasteiger partial charge on any atom is 0.482 e. The van der Waals surface area contributed by atoms with Gasteiger partial charge in [0.1, 0.15) is 0 Å². The molecule has 0 saturated carbocycles. The molecule has 0 amide bonds. The van der Waals surface area contributed by atoms with Crippen LogP contribution in [0, 0.1) is 0 Å². The molecule has 0 aromatic rings. The van der Waals surface area contributed by atoms with Gasteiger partial charge in [-0.1, -0.05) is 40.4 Å². The third-order valence-corrected chi connectivity index (χ3v) is 2.18. The number of allylic oxidation sites excluding steroid dienone is 1. The van der Waals surface area contributed by atoms with E-state index >= 15 is 0 Å². The third-order valence-electron chi connectivity index (χ3n) is 1.54. The van der Waals surface area contributed by atoms with Gasteiger partial charge in [0.05, 0.1) is 0 Å². The predicted octanol–water partition coefficient (Wildman–Crippen LogP) is 1.99. The number of rotatable bonds is 4. The summed E-state index contributed by atoms with van der Waals surface area (Å²) in [6.07, 6.45) is 0.0120. The molecule has 0 radical (unpaired) electrons. The summed E-state index contributed by atoms with van der Waals surface area (Å²) in [5, 5.41) is 8.54. The summed E-state index contributed by atoms with van der Waals surface area (Å²) < 4.78 is 2.68. The highest BCUT2D eigenvalue weighted by molar-refractivity contribution is 6.68. The first-order chi connectivity index (χ1) is 8.09. The molecular formula is C9H9Cl3N2O4. The van der Waals surface area contributed by atoms with Gasteiger partial charge in [-0.15, -0.1) is 0 Å². The molecule has 0 aliphatic rings. The number of hydrogen-bond donors (Lipinski definition) is 1. The number of halogens is 3. The van der Waals surface area contributed by atoms with E-state index in [4.69, 9.17) is 45.4 Å². The maximum absolute atomic E-state index is 11.4. The van der Waals surface area contributed by atoms with Crippen molar-refractivity contribution in [3.63, 3.8) is 0 Å². The minimum atomic E-state index is -1.98. The van der Waals surface area contributed by atoms with E-state index in [9.17, 15) is 9.59 Å². The zero-order valence-electron chi connectivity index (χ0n) is 9.35. The van der Waals surface area contributed by atoms with E-state index in [0.29, 0.717) is 5.57 Å². The Bertz CT molecular complexity index is 432. The van der Waals surface area contributed by atoms with Crippen molar-refractivity contribution in [3.8, 4) is 0 Å². The van der Waals surface area contributed by atoms with E-state index in [0.717, 1.165) is 0 Å². The normalized spacial score (nSPS) is 12.1. The molecule has 0 aromatic heterocycles. The molecular weight excluding hydrogens is 306 g/mol. The Morgan fingerprint density at radius 2 is 1.89 bits per heavy atom. The molecule has 1 N–H and O–H groups in total. The SMILES string of the molecule is CC(C)=C[C@@H](OC(=O)C(=[N+]=[N-])C(=O)O)C(Cl)(Cl)Cl. The lowest BCUT2D eigenvalue weighted by atomic mass is 10.2. The highest BCUT2D eigenvalue weighted by Gasteiger charge is 2.39. The van der Waals surface area contributed by atoms with Crippen molar-refractivity contribution in [1.29, 1.82) is 0 Å². The molecule has 0 aliphatic carbocycles. The van der Waals surface area contributed by atoms with Crippen LogP contribution in [-0.2, 0) is 14.3 Å². The molecule has 0 bridgehead atoms. The average molecular weight is 316 g/mol. The molecule has 0 rings (SSSR count). The molecule has 0 fully saturated rings. The number of carboxylic acids is 1. The lowest BCUT2D eigenvalue weighted by Crippen LogP contribution is -2.35. The largest absolute Gasteiger partial charge is 0.482 e. The van der Waals surface area contributed by atoms with E-state index in [-0.39, 0.29) is 0 Å². The fourth-order valence-electron chi connectivity index (χ4n) is 0.840. The minimum Gasteiger partial charge on any atom is -0.472 e. The third kappa shape index (κ3) is 5.51. The number of alkyl halides is 3. The standard InChI is InChI=1S/C9H9Cl3N2O4/c1-4(2)3-5(9(10,11)12)18-8(17)6(14-13)7(15)16/h3,5H,1-2H3,(H,15,16)/t5-/m1/s1. The van der Waals surface area contributed by atoms with Gasteiger partial charge in [0, 0.05) is 0 Å². The zero-order chi connectivity index (χ0) is 14.5. The number of esters is 1. The van der Waals surface area contributed by atoms with E-state index in [2.05, 4.69) is 9.53 Å². The molecule has 6 nitrogen and oxygen atoms in total. The Morgan fingerprint density at radius 3 is 2.17 bits per heavy atom. The summed E-state index contributed by atoms with van der Waals surface area (Å²) in [6.45, 7) is 3.32. The second kappa shape index (κ2) is 6.75. The van der Waals surface area contributed by atoms with E-state index < -0.39 is 27.5 Å². The smallest absolute Gasteiger partial charge is 0.472 e. The summed E-state index contributed by atoms with van der Waals surface area (Å²) in [6, 6.07) is 0. The second-order valence-electron chi connectivity index (χ2n) is 3.37. The van der Waals surface area contributed by atoms with Crippen molar-refractivity contribution in [1.82, 2.24) is 0 Å². The summed E-state index contributed by atoms with van der Waals surface area (Å²) in [5.41, 5.74) is 7.82. The number of carboxylic acid groups (broad SMARTS) is 1. The van der Waals surface area contributed by atoms with Crippen LogP contribution in [0.3, 0.4) is 0 Å². The Kier molecular flexibility index (Phi) is 6.35. The molecule has 0 unspecified atom stereocenters. The van der Waals surface area contributed by atoms with Crippen LogP contribution in [0.5, 0.6) is 0 Å². The van der Waals surface area contributed by atoms with Gasteiger partial charge in [-0.2, -0.15) is 4.79 Å². The van der Waals surface area contributed by atoms with Crippen LogP contribution in [0.2, 0.25) is 0 Å². The number of hydrogen-bond acceptors (Lipinski definition) is 3. The highest BCUT2D eigenvalue weighted by atomic mass is 35.6.